The van der Waals surface area contributed by atoms with Crippen LogP contribution in [0.1, 0.15) is 45.2 Å². The summed E-state index contributed by atoms with van der Waals surface area (Å²) in [5.41, 5.74) is 2.34. The van der Waals surface area contributed by atoms with Crippen LogP contribution in [-0.4, -0.2) is 74.2 Å². The summed E-state index contributed by atoms with van der Waals surface area (Å²) in [7, 11) is 0. The first-order valence-corrected chi connectivity index (χ1v) is 11.3. The number of likely N-dealkylation sites (N-methyl/N-ethyl adjacent to an activating group) is 1. The lowest BCUT2D eigenvalue weighted by Crippen LogP contribution is -2.49. The summed E-state index contributed by atoms with van der Waals surface area (Å²) < 4.78 is 6.13. The van der Waals surface area contributed by atoms with E-state index in [1.54, 1.807) is 0 Å². The molecule has 29 heavy (non-hydrogen) atoms. The van der Waals surface area contributed by atoms with E-state index < -0.39 is 0 Å². The zero-order chi connectivity index (χ0) is 21.1. The summed E-state index contributed by atoms with van der Waals surface area (Å²) in [6.45, 7) is 19.9. The second-order valence-electron chi connectivity index (χ2n) is 7.85. The molecule has 0 radical (unpaired) electrons. The number of hydrogen-bond acceptors (Lipinski definition) is 4. The molecule has 2 rings (SSSR count). The Morgan fingerprint density at radius 3 is 2.48 bits per heavy atom. The van der Waals surface area contributed by atoms with Gasteiger partial charge in [-0.2, -0.15) is 0 Å². The number of benzene rings is 1. The van der Waals surface area contributed by atoms with Gasteiger partial charge in [0.2, 0.25) is 0 Å². The summed E-state index contributed by atoms with van der Waals surface area (Å²) in [4.78, 5) is 9.84. The molecule has 1 heterocycles. The molecule has 1 aliphatic heterocycles. The second-order valence-corrected chi connectivity index (χ2v) is 7.85. The number of rotatable bonds is 10. The highest BCUT2D eigenvalue weighted by molar-refractivity contribution is 5.79. The highest BCUT2D eigenvalue weighted by Gasteiger charge is 2.15. The van der Waals surface area contributed by atoms with E-state index >= 15 is 0 Å². The molecule has 0 saturated carbocycles. The molecule has 6 nitrogen and oxygen atoms in total. The third kappa shape index (κ3) is 8.23. The first-order chi connectivity index (χ1) is 14.0. The van der Waals surface area contributed by atoms with Crippen LogP contribution in [0.3, 0.4) is 0 Å². The van der Waals surface area contributed by atoms with Crippen LogP contribution in [0.4, 0.5) is 0 Å². The van der Waals surface area contributed by atoms with Crippen molar-refractivity contribution in [3.63, 3.8) is 0 Å². The predicted octanol–water partition coefficient (Wildman–Crippen LogP) is 2.86. The van der Waals surface area contributed by atoms with Gasteiger partial charge in [-0.1, -0.05) is 26.0 Å². The fraction of sp³-hybridized carbons (Fsp3) is 0.696. The Balaban J connectivity index is 1.90. The topological polar surface area (TPSA) is 52.1 Å². The van der Waals surface area contributed by atoms with Crippen LogP contribution < -0.4 is 15.4 Å². The molecule has 1 aromatic carbocycles. The number of aliphatic imine (C=N–C) groups is 1. The molecule has 2 N–H and O–H groups in total. The van der Waals surface area contributed by atoms with Crippen LogP contribution in [0.5, 0.6) is 5.75 Å². The molecule has 1 unspecified atom stereocenters. The molecule has 1 atom stereocenters. The molecular weight excluding hydrogens is 362 g/mol. The normalized spacial score (nSPS) is 17.2. The average Bonchev–Trinajstić information content (AvgIpc) is 2.73. The Bertz CT molecular complexity index is 626. The third-order valence-corrected chi connectivity index (χ3v) is 5.51. The van der Waals surface area contributed by atoms with Crippen LogP contribution in [0.25, 0.3) is 0 Å². The Morgan fingerprint density at radius 1 is 1.10 bits per heavy atom. The number of aryl methyl sites for hydroxylation is 1. The summed E-state index contributed by atoms with van der Waals surface area (Å²) in [5, 5.41) is 6.85. The van der Waals surface area contributed by atoms with Gasteiger partial charge in [0, 0.05) is 51.4 Å². The maximum Gasteiger partial charge on any atom is 0.191 e. The van der Waals surface area contributed by atoms with Gasteiger partial charge in [-0.15, -0.1) is 0 Å². The van der Waals surface area contributed by atoms with E-state index in [-0.39, 0.29) is 6.10 Å². The molecule has 1 aliphatic rings. The molecule has 0 aliphatic carbocycles. The maximum absolute atomic E-state index is 6.13. The number of ether oxygens (including phenoxy) is 1. The molecule has 1 aromatic rings. The monoisotopic (exact) mass is 403 g/mol. The highest BCUT2D eigenvalue weighted by atomic mass is 16.5. The van der Waals surface area contributed by atoms with Gasteiger partial charge in [-0.05, 0) is 45.4 Å². The smallest absolute Gasteiger partial charge is 0.191 e. The number of piperazine rings is 1. The van der Waals surface area contributed by atoms with Crippen molar-refractivity contribution in [3.8, 4) is 5.75 Å². The third-order valence-electron chi connectivity index (χ3n) is 5.51. The minimum atomic E-state index is 0.207. The molecular formula is C23H41N5O. The van der Waals surface area contributed by atoms with E-state index in [1.165, 1.54) is 18.7 Å². The Kier molecular flexibility index (Phi) is 10.3. The van der Waals surface area contributed by atoms with E-state index in [1.807, 2.05) is 0 Å². The zero-order valence-electron chi connectivity index (χ0n) is 19.1. The van der Waals surface area contributed by atoms with Gasteiger partial charge in [0.05, 0.1) is 12.6 Å². The molecule has 0 spiro atoms. The SMILES string of the molecule is CCNC(=NCc1ccc(C)cc1OC(C)CC)NCCN1CCN(CC)CC1. The van der Waals surface area contributed by atoms with Gasteiger partial charge in [-0.25, -0.2) is 4.99 Å². The van der Waals surface area contributed by atoms with Crippen molar-refractivity contribution in [3.05, 3.63) is 29.3 Å². The molecule has 6 heteroatoms. The van der Waals surface area contributed by atoms with E-state index in [0.29, 0.717) is 6.54 Å². The van der Waals surface area contributed by atoms with Gasteiger partial charge in [0.1, 0.15) is 5.75 Å². The minimum Gasteiger partial charge on any atom is -0.490 e. The zero-order valence-corrected chi connectivity index (χ0v) is 19.1. The average molecular weight is 404 g/mol. The van der Waals surface area contributed by atoms with Crippen molar-refractivity contribution in [2.75, 3.05) is 52.4 Å². The Hall–Kier alpha value is -1.79. The van der Waals surface area contributed by atoms with Crippen molar-refractivity contribution in [2.24, 2.45) is 4.99 Å². The van der Waals surface area contributed by atoms with Gasteiger partial charge >= 0.3 is 0 Å². The molecule has 1 saturated heterocycles. The van der Waals surface area contributed by atoms with Crippen molar-refractivity contribution in [1.29, 1.82) is 0 Å². The maximum atomic E-state index is 6.13. The molecule has 0 aromatic heterocycles. The number of nitrogens with zero attached hydrogens (tertiary/aromatic N) is 3. The predicted molar refractivity (Wildman–Crippen MR) is 123 cm³/mol. The minimum absolute atomic E-state index is 0.207. The quantitative estimate of drug-likeness (QED) is 0.465. The van der Waals surface area contributed by atoms with Gasteiger partial charge in [0.25, 0.3) is 0 Å². The first kappa shape index (κ1) is 23.5. The van der Waals surface area contributed by atoms with Crippen LogP contribution in [0.15, 0.2) is 23.2 Å². The molecule has 1 fully saturated rings. The number of hydrogen-bond donors (Lipinski definition) is 2. The molecule has 0 bridgehead atoms. The summed E-state index contributed by atoms with van der Waals surface area (Å²) in [6.07, 6.45) is 1.20. The van der Waals surface area contributed by atoms with E-state index in [9.17, 15) is 0 Å². The van der Waals surface area contributed by atoms with Crippen molar-refractivity contribution in [1.82, 2.24) is 20.4 Å². The highest BCUT2D eigenvalue weighted by Crippen LogP contribution is 2.23. The first-order valence-electron chi connectivity index (χ1n) is 11.3. The van der Waals surface area contributed by atoms with E-state index in [4.69, 9.17) is 9.73 Å². The molecule has 164 valence electrons. The Morgan fingerprint density at radius 2 is 1.83 bits per heavy atom. The van der Waals surface area contributed by atoms with Crippen molar-refractivity contribution in [2.45, 2.75) is 53.7 Å². The molecule has 0 amide bonds. The van der Waals surface area contributed by atoms with Gasteiger partial charge in [0.15, 0.2) is 5.96 Å². The fourth-order valence-electron chi connectivity index (χ4n) is 3.37. The van der Waals surface area contributed by atoms with E-state index in [0.717, 1.165) is 63.0 Å². The Labute approximate surface area is 177 Å². The largest absolute Gasteiger partial charge is 0.490 e. The van der Waals surface area contributed by atoms with Gasteiger partial charge < -0.3 is 20.3 Å². The summed E-state index contributed by atoms with van der Waals surface area (Å²) in [6, 6.07) is 6.38. The summed E-state index contributed by atoms with van der Waals surface area (Å²) >= 11 is 0. The second kappa shape index (κ2) is 12.7. The van der Waals surface area contributed by atoms with E-state index in [2.05, 4.69) is 73.3 Å². The van der Waals surface area contributed by atoms with Gasteiger partial charge in [-0.3, -0.25) is 4.90 Å². The van der Waals surface area contributed by atoms with Crippen LogP contribution in [-0.2, 0) is 6.54 Å². The number of guanidine groups is 1. The van der Waals surface area contributed by atoms with Crippen LogP contribution in [0, 0.1) is 6.92 Å². The van der Waals surface area contributed by atoms with Crippen molar-refractivity contribution >= 4 is 5.96 Å². The van der Waals surface area contributed by atoms with Crippen molar-refractivity contribution < 1.29 is 4.74 Å². The van der Waals surface area contributed by atoms with Crippen LogP contribution in [0.2, 0.25) is 0 Å². The summed E-state index contributed by atoms with van der Waals surface area (Å²) in [5.74, 6) is 1.82. The lowest BCUT2D eigenvalue weighted by atomic mass is 10.1. The number of nitrogens with one attached hydrogen (secondary N) is 2. The van der Waals surface area contributed by atoms with Crippen LogP contribution >= 0.6 is 0 Å². The lowest BCUT2D eigenvalue weighted by molar-refractivity contribution is 0.139. The lowest BCUT2D eigenvalue weighted by Gasteiger charge is -2.34. The fourth-order valence-corrected chi connectivity index (χ4v) is 3.37. The standard InChI is InChI=1S/C23H41N5O/c1-6-20(5)29-22-17-19(4)9-10-21(22)18-26-23(24-7-2)25-11-12-28-15-13-27(8-3)14-16-28/h9-10,17,20H,6-8,11-16,18H2,1-5H3,(H2,24,25,26).